The fourth-order valence-corrected chi connectivity index (χ4v) is 3.23. The predicted molar refractivity (Wildman–Crippen MR) is 105 cm³/mol. The van der Waals surface area contributed by atoms with E-state index in [1.807, 2.05) is 13.0 Å². The minimum absolute atomic E-state index is 0.0551. The van der Waals surface area contributed by atoms with Crippen LogP contribution in [0.1, 0.15) is 16.8 Å². The van der Waals surface area contributed by atoms with Gasteiger partial charge in [-0.2, -0.15) is 10.4 Å². The number of aryl methyl sites for hydroxylation is 1. The standard InChI is InChI=1S/C19H13ClFN7O/c1-10-2-16(25-9-24-10)26-19-13-7-28(27-17(13)15(21)6-23-19)18-12(5-22)3-11(8-29)4-14(18)20/h2-4,6-7,9,29H,8H2,1H3,(H,23,24,25,26). The Morgan fingerprint density at radius 1 is 1.28 bits per heavy atom. The number of halogens is 2. The zero-order chi connectivity index (χ0) is 20.5. The monoisotopic (exact) mass is 409 g/mol. The summed E-state index contributed by atoms with van der Waals surface area (Å²) in [7, 11) is 0. The van der Waals surface area contributed by atoms with Crippen molar-refractivity contribution in [3.05, 3.63) is 64.6 Å². The van der Waals surface area contributed by atoms with Crippen molar-refractivity contribution in [3.8, 4) is 11.8 Å². The van der Waals surface area contributed by atoms with Gasteiger partial charge < -0.3 is 10.4 Å². The largest absolute Gasteiger partial charge is 0.392 e. The Hall–Kier alpha value is -3.61. The van der Waals surface area contributed by atoms with Crippen molar-refractivity contribution >= 4 is 34.1 Å². The van der Waals surface area contributed by atoms with Crippen molar-refractivity contribution in [1.29, 1.82) is 5.26 Å². The number of anilines is 2. The molecule has 144 valence electrons. The minimum atomic E-state index is -0.621. The molecule has 0 aliphatic heterocycles. The lowest BCUT2D eigenvalue weighted by Gasteiger charge is -2.08. The highest BCUT2D eigenvalue weighted by atomic mass is 35.5. The van der Waals surface area contributed by atoms with Crippen LogP contribution in [0.4, 0.5) is 16.0 Å². The van der Waals surface area contributed by atoms with Crippen LogP contribution in [0.15, 0.2) is 36.9 Å². The molecular formula is C19H13ClFN7O. The van der Waals surface area contributed by atoms with Crippen molar-refractivity contribution < 1.29 is 9.50 Å². The molecule has 10 heteroatoms. The Balaban J connectivity index is 1.87. The van der Waals surface area contributed by atoms with E-state index in [4.69, 9.17) is 11.6 Å². The summed E-state index contributed by atoms with van der Waals surface area (Å²) in [6.45, 7) is 1.56. The Labute approximate surface area is 169 Å². The lowest BCUT2D eigenvalue weighted by molar-refractivity contribution is 0.282. The maximum atomic E-state index is 14.4. The quantitative estimate of drug-likeness (QED) is 0.531. The molecule has 3 heterocycles. The number of aliphatic hydroxyl groups is 1. The van der Waals surface area contributed by atoms with Crippen molar-refractivity contribution in [2.45, 2.75) is 13.5 Å². The molecule has 0 aliphatic rings. The van der Waals surface area contributed by atoms with Crippen LogP contribution in [-0.2, 0) is 6.61 Å². The van der Waals surface area contributed by atoms with E-state index in [1.54, 1.807) is 6.07 Å². The maximum Gasteiger partial charge on any atom is 0.169 e. The molecule has 3 aromatic heterocycles. The molecule has 0 amide bonds. The Morgan fingerprint density at radius 3 is 2.83 bits per heavy atom. The molecule has 0 radical (unpaired) electrons. The maximum absolute atomic E-state index is 14.4. The van der Waals surface area contributed by atoms with Gasteiger partial charge in [0.05, 0.1) is 28.8 Å². The van der Waals surface area contributed by atoms with Gasteiger partial charge in [-0.05, 0) is 24.6 Å². The average Bonchev–Trinajstić information content (AvgIpc) is 3.15. The number of nitrogens with zero attached hydrogens (tertiary/aromatic N) is 6. The van der Waals surface area contributed by atoms with Gasteiger partial charge in [0.25, 0.3) is 0 Å². The van der Waals surface area contributed by atoms with E-state index in [0.717, 1.165) is 11.9 Å². The number of hydrogen-bond acceptors (Lipinski definition) is 7. The number of nitriles is 1. The first-order chi connectivity index (χ1) is 14.0. The summed E-state index contributed by atoms with van der Waals surface area (Å²) in [4.78, 5) is 12.3. The van der Waals surface area contributed by atoms with Crippen LogP contribution in [0.3, 0.4) is 0 Å². The molecule has 0 atom stereocenters. The molecule has 1 aromatic carbocycles. The van der Waals surface area contributed by atoms with Gasteiger partial charge in [-0.15, -0.1) is 0 Å². The SMILES string of the molecule is Cc1cc(Nc2ncc(F)c3nn(-c4c(Cl)cc(CO)cc4C#N)cc23)ncn1. The molecule has 4 rings (SSSR count). The number of nitrogens with one attached hydrogen (secondary N) is 1. The second kappa shape index (κ2) is 7.43. The zero-order valence-corrected chi connectivity index (χ0v) is 15.8. The van der Waals surface area contributed by atoms with E-state index < -0.39 is 5.82 Å². The van der Waals surface area contributed by atoms with Crippen LogP contribution in [-0.4, -0.2) is 29.8 Å². The fourth-order valence-electron chi connectivity index (χ4n) is 2.90. The van der Waals surface area contributed by atoms with Crippen molar-refractivity contribution in [3.63, 3.8) is 0 Å². The Morgan fingerprint density at radius 2 is 2.10 bits per heavy atom. The molecule has 0 unspecified atom stereocenters. The third-order valence-corrected chi connectivity index (χ3v) is 4.50. The van der Waals surface area contributed by atoms with Gasteiger partial charge in [-0.3, -0.25) is 0 Å². The number of aliphatic hydroxyl groups excluding tert-OH is 1. The normalized spacial score (nSPS) is 10.9. The highest BCUT2D eigenvalue weighted by molar-refractivity contribution is 6.32. The lowest BCUT2D eigenvalue weighted by Crippen LogP contribution is -2.01. The summed E-state index contributed by atoms with van der Waals surface area (Å²) in [5, 5.41) is 26.7. The highest BCUT2D eigenvalue weighted by Gasteiger charge is 2.18. The molecule has 29 heavy (non-hydrogen) atoms. The van der Waals surface area contributed by atoms with Crippen molar-refractivity contribution in [2.75, 3.05) is 5.32 Å². The third kappa shape index (κ3) is 3.47. The molecule has 2 N–H and O–H groups in total. The van der Waals surface area contributed by atoms with Crippen molar-refractivity contribution in [1.82, 2.24) is 24.7 Å². The molecule has 0 fully saturated rings. The number of pyridine rings is 1. The van der Waals surface area contributed by atoms with Crippen LogP contribution in [0.25, 0.3) is 16.6 Å². The van der Waals surface area contributed by atoms with Crippen LogP contribution in [0, 0.1) is 24.1 Å². The number of aromatic nitrogens is 5. The van der Waals surface area contributed by atoms with Gasteiger partial charge in [0, 0.05) is 18.0 Å². The predicted octanol–water partition coefficient (Wildman–Crippen LogP) is 3.42. The fraction of sp³-hybridized carbons (Fsp3) is 0.105. The molecule has 4 aromatic rings. The molecule has 0 saturated carbocycles. The summed E-state index contributed by atoms with van der Waals surface area (Å²) in [6, 6.07) is 6.79. The van der Waals surface area contributed by atoms with Gasteiger partial charge in [0.15, 0.2) is 5.82 Å². The van der Waals surface area contributed by atoms with Crippen LogP contribution in [0.2, 0.25) is 5.02 Å². The lowest BCUT2D eigenvalue weighted by atomic mass is 10.1. The zero-order valence-electron chi connectivity index (χ0n) is 15.1. The van der Waals surface area contributed by atoms with Gasteiger partial charge >= 0.3 is 0 Å². The van der Waals surface area contributed by atoms with Gasteiger partial charge in [0.1, 0.15) is 35.2 Å². The van der Waals surface area contributed by atoms with E-state index in [1.165, 1.54) is 29.3 Å². The molecule has 0 bridgehead atoms. The summed E-state index contributed by atoms with van der Waals surface area (Å²) in [5.41, 5.74) is 1.78. The minimum Gasteiger partial charge on any atom is -0.392 e. The third-order valence-electron chi connectivity index (χ3n) is 4.21. The van der Waals surface area contributed by atoms with Crippen LogP contribution in [0.5, 0.6) is 0 Å². The first kappa shape index (κ1) is 18.7. The number of fused-ring (bicyclic) bond motifs is 1. The number of rotatable bonds is 4. The van der Waals surface area contributed by atoms with E-state index in [9.17, 15) is 14.8 Å². The molecule has 0 saturated heterocycles. The number of benzene rings is 1. The van der Waals surface area contributed by atoms with E-state index in [0.29, 0.717) is 22.6 Å². The van der Waals surface area contributed by atoms with Gasteiger partial charge in [-0.1, -0.05) is 11.6 Å². The van der Waals surface area contributed by atoms with Gasteiger partial charge in [0.2, 0.25) is 0 Å². The molecular weight excluding hydrogens is 397 g/mol. The summed E-state index contributed by atoms with van der Waals surface area (Å²) in [6.07, 6.45) is 3.99. The van der Waals surface area contributed by atoms with Crippen LogP contribution < -0.4 is 5.32 Å². The molecule has 0 aliphatic carbocycles. The summed E-state index contributed by atoms with van der Waals surface area (Å²) in [5.74, 6) is 0.214. The first-order valence-corrected chi connectivity index (χ1v) is 8.81. The second-order valence-electron chi connectivity index (χ2n) is 6.20. The molecule has 0 spiro atoms. The smallest absolute Gasteiger partial charge is 0.169 e. The number of hydrogen-bond donors (Lipinski definition) is 2. The highest BCUT2D eigenvalue weighted by Crippen LogP contribution is 2.30. The summed E-state index contributed by atoms with van der Waals surface area (Å²) < 4.78 is 15.7. The summed E-state index contributed by atoms with van der Waals surface area (Å²) >= 11 is 6.32. The van der Waals surface area contributed by atoms with Crippen molar-refractivity contribution in [2.24, 2.45) is 0 Å². The van der Waals surface area contributed by atoms with E-state index >= 15 is 0 Å². The van der Waals surface area contributed by atoms with Gasteiger partial charge in [-0.25, -0.2) is 24.0 Å². The first-order valence-electron chi connectivity index (χ1n) is 8.43. The topological polar surface area (TPSA) is 113 Å². The average molecular weight is 410 g/mol. The Kier molecular flexibility index (Phi) is 4.80. The van der Waals surface area contributed by atoms with E-state index in [-0.39, 0.29) is 28.4 Å². The van der Waals surface area contributed by atoms with Crippen LogP contribution >= 0.6 is 11.6 Å². The molecule has 8 nitrogen and oxygen atoms in total. The Bertz CT molecular complexity index is 1280. The second-order valence-corrected chi connectivity index (χ2v) is 6.61. The van der Waals surface area contributed by atoms with E-state index in [2.05, 4.69) is 25.4 Å².